The third-order valence-electron chi connectivity index (χ3n) is 23.2. The van der Waals surface area contributed by atoms with Crippen LogP contribution < -0.4 is 0 Å². The van der Waals surface area contributed by atoms with Gasteiger partial charge in [-0.3, -0.25) is 0 Å². The fraction of sp³-hybridized carbons (Fsp3) is 0.724. The predicted molar refractivity (Wildman–Crippen MR) is 381 cm³/mol. The summed E-state index contributed by atoms with van der Waals surface area (Å²) in [4.78, 5) is 0. The Balaban J connectivity index is 0.000000187. The van der Waals surface area contributed by atoms with Gasteiger partial charge in [-0.15, -0.1) is 0 Å². The van der Waals surface area contributed by atoms with Crippen molar-refractivity contribution in [1.29, 1.82) is 0 Å². The van der Waals surface area contributed by atoms with Crippen molar-refractivity contribution >= 4 is 0 Å². The molecule has 0 heterocycles. The summed E-state index contributed by atoms with van der Waals surface area (Å²) >= 11 is 0. The molecule has 3 aromatic rings. The molecule has 0 heteroatoms. The number of benzene rings is 3. The zero-order valence-corrected chi connectivity index (χ0v) is 57.7. The Hall–Kier alpha value is -3.66. The van der Waals surface area contributed by atoms with Crippen LogP contribution in [0.3, 0.4) is 0 Å². The molecular formula is C87H132. The van der Waals surface area contributed by atoms with Gasteiger partial charge in [0.15, 0.2) is 0 Å². The minimum atomic E-state index is 0.635. The lowest BCUT2D eigenvalue weighted by molar-refractivity contribution is 0.153. The van der Waals surface area contributed by atoms with Crippen molar-refractivity contribution in [2.45, 2.75) is 330 Å². The van der Waals surface area contributed by atoms with E-state index in [-0.39, 0.29) is 0 Å². The molecule has 87 heavy (non-hydrogen) atoms. The molecule has 0 radical (unpaired) electrons. The molecule has 0 aromatic heterocycles. The molecule has 0 unspecified atom stereocenters. The quantitative estimate of drug-likeness (QED) is 0.0619. The van der Waals surface area contributed by atoms with Crippen molar-refractivity contribution in [2.24, 2.45) is 71.0 Å². The second-order valence-corrected chi connectivity index (χ2v) is 29.9. The summed E-state index contributed by atoms with van der Waals surface area (Å²) in [5.74, 6) is 32.4. The van der Waals surface area contributed by atoms with Gasteiger partial charge in [-0.25, -0.2) is 0 Å². The smallest absolute Gasteiger partial charge is 0.0245 e. The first kappa shape index (κ1) is 70.8. The Morgan fingerprint density at radius 1 is 0.241 bits per heavy atom. The third kappa shape index (κ3) is 27.0. The minimum Gasteiger partial charge on any atom is -0.0945 e. The summed E-state index contributed by atoms with van der Waals surface area (Å²) in [6.07, 6.45) is 63.2. The first-order valence-electron chi connectivity index (χ1n) is 38.7. The van der Waals surface area contributed by atoms with Gasteiger partial charge in [-0.05, 0) is 260 Å². The molecule has 6 aliphatic carbocycles. The van der Waals surface area contributed by atoms with Gasteiger partial charge in [0, 0.05) is 34.4 Å². The zero-order chi connectivity index (χ0) is 60.9. The van der Waals surface area contributed by atoms with Gasteiger partial charge in [0.25, 0.3) is 0 Å². The lowest BCUT2D eigenvalue weighted by Gasteiger charge is -2.37. The second kappa shape index (κ2) is 42.4. The summed E-state index contributed by atoms with van der Waals surface area (Å²) in [6.45, 7) is 13.8. The molecule has 480 valence electrons. The first-order valence-corrected chi connectivity index (χ1v) is 38.7. The van der Waals surface area contributed by atoms with E-state index in [1.807, 2.05) is 0 Å². The maximum absolute atomic E-state index is 3.62. The van der Waals surface area contributed by atoms with Gasteiger partial charge in [0.1, 0.15) is 0 Å². The van der Waals surface area contributed by atoms with E-state index in [2.05, 4.69) is 150 Å². The van der Waals surface area contributed by atoms with Gasteiger partial charge in [-0.1, -0.05) is 248 Å². The molecule has 0 nitrogen and oxygen atoms in total. The van der Waals surface area contributed by atoms with Gasteiger partial charge < -0.3 is 0 Å². The normalized spacial score (nSPS) is 27.2. The van der Waals surface area contributed by atoms with E-state index < -0.39 is 0 Å². The van der Waals surface area contributed by atoms with Crippen LogP contribution in [0.2, 0.25) is 0 Å². The molecule has 6 fully saturated rings. The maximum Gasteiger partial charge on any atom is 0.0245 e. The van der Waals surface area contributed by atoms with Crippen LogP contribution in [-0.2, 0) is 19.3 Å². The van der Waals surface area contributed by atoms with Gasteiger partial charge in [-0.2, -0.15) is 0 Å². The summed E-state index contributed by atoms with van der Waals surface area (Å²) in [6, 6.07) is 27.1. The van der Waals surface area contributed by atoms with E-state index in [1.165, 1.54) is 322 Å². The number of unbranched alkanes of at least 4 members (excludes halogenated alkanes) is 9. The fourth-order valence-corrected chi connectivity index (χ4v) is 17.2. The molecule has 0 amide bonds. The Labute approximate surface area is 540 Å². The van der Waals surface area contributed by atoms with Crippen LogP contribution in [0.4, 0.5) is 0 Å². The number of hydrogen-bond acceptors (Lipinski definition) is 0. The minimum absolute atomic E-state index is 0.635. The first-order chi connectivity index (χ1) is 42.8. The van der Waals surface area contributed by atoms with Crippen molar-refractivity contribution in [3.05, 3.63) is 106 Å². The number of rotatable bonds is 24. The van der Waals surface area contributed by atoms with E-state index in [4.69, 9.17) is 0 Å². The molecule has 3 aromatic carbocycles. The summed E-state index contributed by atoms with van der Waals surface area (Å²) in [7, 11) is 0. The van der Waals surface area contributed by atoms with Crippen LogP contribution in [0.5, 0.6) is 0 Å². The third-order valence-corrected chi connectivity index (χ3v) is 23.2. The summed E-state index contributed by atoms with van der Waals surface area (Å²) in [5, 5.41) is 0. The van der Waals surface area contributed by atoms with Crippen LogP contribution in [0.15, 0.2) is 72.8 Å². The van der Waals surface area contributed by atoms with Crippen molar-refractivity contribution in [2.75, 3.05) is 0 Å². The number of hydrogen-bond donors (Lipinski definition) is 0. The van der Waals surface area contributed by atoms with Crippen LogP contribution in [0.1, 0.15) is 345 Å². The van der Waals surface area contributed by atoms with E-state index in [0.717, 1.165) is 53.3 Å². The van der Waals surface area contributed by atoms with Crippen molar-refractivity contribution in [1.82, 2.24) is 0 Å². The van der Waals surface area contributed by atoms with Crippen molar-refractivity contribution in [3.8, 4) is 35.5 Å². The second-order valence-electron chi connectivity index (χ2n) is 29.9. The Bertz CT molecular complexity index is 2390. The Morgan fingerprint density at radius 2 is 0.483 bits per heavy atom. The Kier molecular flexibility index (Phi) is 34.5. The molecule has 6 aliphatic rings. The summed E-state index contributed by atoms with van der Waals surface area (Å²) < 4.78 is 0. The largest absolute Gasteiger partial charge is 0.0945 e. The molecule has 0 atom stereocenters. The van der Waals surface area contributed by atoms with Crippen LogP contribution in [-0.4, -0.2) is 0 Å². The van der Waals surface area contributed by atoms with Crippen molar-refractivity contribution in [3.63, 3.8) is 0 Å². The summed E-state index contributed by atoms with van der Waals surface area (Å²) in [5.41, 5.74) is 8.02. The fourth-order valence-electron chi connectivity index (χ4n) is 17.2. The predicted octanol–water partition coefficient (Wildman–Crippen LogP) is 25.7. The van der Waals surface area contributed by atoms with E-state index >= 15 is 0 Å². The van der Waals surface area contributed by atoms with Gasteiger partial charge >= 0.3 is 0 Å². The molecule has 0 bridgehead atoms. The average molecular weight is 1180 g/mol. The highest BCUT2D eigenvalue weighted by Gasteiger charge is 2.33. The highest BCUT2D eigenvalue weighted by molar-refractivity contribution is 5.39. The average Bonchev–Trinajstić information content (AvgIpc) is 3.65. The van der Waals surface area contributed by atoms with Gasteiger partial charge in [0.05, 0.1) is 0 Å². The lowest BCUT2D eigenvalue weighted by Crippen LogP contribution is -2.25. The molecular weight excluding hydrogens is 1040 g/mol. The highest BCUT2D eigenvalue weighted by Crippen LogP contribution is 2.45. The van der Waals surface area contributed by atoms with Crippen LogP contribution >= 0.6 is 0 Å². The molecule has 9 rings (SSSR count). The zero-order valence-electron chi connectivity index (χ0n) is 57.7. The molecule has 0 spiro atoms. The molecule has 6 saturated carbocycles. The van der Waals surface area contributed by atoms with E-state index in [9.17, 15) is 0 Å². The SMILES string of the molecule is CCCCCc1ccc(C#CC2CCC([C@H]3CC[C@H](CCC)CC3)CC2)cc1.CCCCCc1ccc(C#CC2CCC([C@H]3CC[C@H](CCCC)CC3)CC2)cc1.CCCCCc1ccc(C#CC2CCC([C@H]3CC[C@H](CCCCC)CC3)CC2)cc1. The van der Waals surface area contributed by atoms with E-state index in [0.29, 0.717) is 17.8 Å². The topological polar surface area (TPSA) is 0 Å². The van der Waals surface area contributed by atoms with Crippen LogP contribution in [0, 0.1) is 107 Å². The van der Waals surface area contributed by atoms with Crippen molar-refractivity contribution < 1.29 is 0 Å². The Morgan fingerprint density at radius 3 is 0.747 bits per heavy atom. The maximum atomic E-state index is 3.62. The lowest BCUT2D eigenvalue weighted by atomic mass is 9.69. The van der Waals surface area contributed by atoms with Crippen LogP contribution in [0.25, 0.3) is 0 Å². The molecule has 0 saturated heterocycles. The molecule has 0 aliphatic heterocycles. The highest BCUT2D eigenvalue weighted by atomic mass is 14.4. The van der Waals surface area contributed by atoms with Gasteiger partial charge in [0.2, 0.25) is 0 Å². The monoisotopic (exact) mass is 1180 g/mol. The standard InChI is InChI=1S/C30H46.C29H44.C28H42/c1-3-5-7-9-25-11-13-27(14-12-25)15-16-28-19-23-30(24-20-28)29-21-17-26(18-22-29)10-8-6-4-2;1-3-5-7-9-25-10-12-26(13-11-25)14-15-27-18-22-29(23-19-27)28-20-16-24(17-21-28)8-6-4-2;1-3-5-6-8-24-9-11-25(12-10-24)13-14-26-17-21-28(22-18-26)27-19-15-23(7-4-2)16-20-27/h11-14,26,28-30H,3-10,17-24H2,1-2H3;10-13,24,27-29H,3-9,16-23H2,1-2H3;9-12,23,26-28H,3-8,15-22H2,1-2H3/t26-,28?,29-,30?;24-,27?,28-,29?;23-,26?,27-,28?. The molecule has 0 N–H and O–H groups in total. The van der Waals surface area contributed by atoms with E-state index in [1.54, 1.807) is 0 Å². The number of aryl methyl sites for hydroxylation is 3.